The van der Waals surface area contributed by atoms with Crippen LogP contribution in [-0.2, 0) is 0 Å². The second kappa shape index (κ2) is 6.40. The third kappa shape index (κ3) is 4.57. The SMILES string of the molecule is Cc1ccccc1C(=O)NCC(C)CN(C)C. The Morgan fingerprint density at radius 3 is 2.59 bits per heavy atom. The van der Waals surface area contributed by atoms with Crippen LogP contribution in [0.2, 0.25) is 0 Å². The molecule has 1 aromatic rings. The van der Waals surface area contributed by atoms with Crippen molar-refractivity contribution in [1.82, 2.24) is 10.2 Å². The summed E-state index contributed by atoms with van der Waals surface area (Å²) >= 11 is 0. The van der Waals surface area contributed by atoms with Gasteiger partial charge >= 0.3 is 0 Å². The van der Waals surface area contributed by atoms with Gasteiger partial charge in [-0.1, -0.05) is 25.1 Å². The molecule has 0 aliphatic rings. The fourth-order valence-corrected chi connectivity index (χ4v) is 1.88. The second-order valence-corrected chi connectivity index (χ2v) is 4.89. The topological polar surface area (TPSA) is 32.3 Å². The highest BCUT2D eigenvalue weighted by Gasteiger charge is 2.09. The van der Waals surface area contributed by atoms with Gasteiger partial charge in [0.1, 0.15) is 0 Å². The van der Waals surface area contributed by atoms with Gasteiger partial charge in [-0.05, 0) is 38.6 Å². The number of nitrogens with zero attached hydrogens (tertiary/aromatic N) is 1. The van der Waals surface area contributed by atoms with Gasteiger partial charge in [0.2, 0.25) is 0 Å². The molecule has 0 bridgehead atoms. The zero-order valence-corrected chi connectivity index (χ0v) is 11.2. The molecule has 0 spiro atoms. The number of carbonyl (C=O) groups is 1. The minimum Gasteiger partial charge on any atom is -0.352 e. The number of benzene rings is 1. The van der Waals surface area contributed by atoms with Gasteiger partial charge in [0, 0.05) is 18.7 Å². The van der Waals surface area contributed by atoms with Gasteiger partial charge in [-0.2, -0.15) is 0 Å². The average molecular weight is 234 g/mol. The van der Waals surface area contributed by atoms with E-state index in [2.05, 4.69) is 17.1 Å². The molecule has 0 saturated heterocycles. The summed E-state index contributed by atoms with van der Waals surface area (Å²) in [6.07, 6.45) is 0. The van der Waals surface area contributed by atoms with Gasteiger partial charge in [0.15, 0.2) is 0 Å². The highest BCUT2D eigenvalue weighted by atomic mass is 16.1. The Morgan fingerprint density at radius 1 is 1.35 bits per heavy atom. The lowest BCUT2D eigenvalue weighted by atomic mass is 10.1. The number of hydrogen-bond donors (Lipinski definition) is 1. The molecule has 0 heterocycles. The van der Waals surface area contributed by atoms with Gasteiger partial charge in [0.25, 0.3) is 5.91 Å². The molecule has 0 aliphatic heterocycles. The number of rotatable bonds is 5. The maximum Gasteiger partial charge on any atom is 0.251 e. The predicted molar refractivity (Wildman–Crippen MR) is 71.2 cm³/mol. The van der Waals surface area contributed by atoms with Crippen molar-refractivity contribution in [1.29, 1.82) is 0 Å². The fourth-order valence-electron chi connectivity index (χ4n) is 1.88. The van der Waals surface area contributed by atoms with Crippen LogP contribution in [-0.4, -0.2) is 38.0 Å². The van der Waals surface area contributed by atoms with Gasteiger partial charge in [-0.15, -0.1) is 0 Å². The molecule has 1 N–H and O–H groups in total. The molecular formula is C14H22N2O. The highest BCUT2D eigenvalue weighted by molar-refractivity contribution is 5.95. The molecule has 0 aliphatic carbocycles. The molecule has 1 unspecified atom stereocenters. The Hall–Kier alpha value is -1.35. The molecule has 0 saturated carbocycles. The van der Waals surface area contributed by atoms with Crippen LogP contribution in [0.25, 0.3) is 0 Å². The third-order valence-corrected chi connectivity index (χ3v) is 2.68. The van der Waals surface area contributed by atoms with Gasteiger partial charge in [0.05, 0.1) is 0 Å². The van der Waals surface area contributed by atoms with Crippen molar-refractivity contribution in [2.45, 2.75) is 13.8 Å². The van der Waals surface area contributed by atoms with Gasteiger partial charge < -0.3 is 10.2 Å². The summed E-state index contributed by atoms with van der Waals surface area (Å²) in [6, 6.07) is 7.66. The summed E-state index contributed by atoms with van der Waals surface area (Å²) in [5.74, 6) is 0.478. The molecule has 94 valence electrons. The normalized spacial score (nSPS) is 12.5. The standard InChI is InChI=1S/C14H22N2O/c1-11(10-16(3)4)9-15-14(17)13-8-6-5-7-12(13)2/h5-8,11H,9-10H2,1-4H3,(H,15,17). The van der Waals surface area contributed by atoms with E-state index in [1.807, 2.05) is 45.3 Å². The third-order valence-electron chi connectivity index (χ3n) is 2.68. The average Bonchev–Trinajstić information content (AvgIpc) is 2.25. The van der Waals surface area contributed by atoms with Crippen molar-refractivity contribution < 1.29 is 4.79 Å². The summed E-state index contributed by atoms with van der Waals surface area (Å²) in [4.78, 5) is 14.1. The molecule has 3 heteroatoms. The van der Waals surface area contributed by atoms with E-state index in [-0.39, 0.29) is 5.91 Å². The van der Waals surface area contributed by atoms with Crippen LogP contribution < -0.4 is 5.32 Å². The number of hydrogen-bond acceptors (Lipinski definition) is 2. The molecule has 1 amide bonds. The molecule has 0 fully saturated rings. The minimum absolute atomic E-state index is 0.0220. The van der Waals surface area contributed by atoms with Crippen molar-refractivity contribution >= 4 is 5.91 Å². The Balaban J connectivity index is 2.48. The van der Waals surface area contributed by atoms with E-state index < -0.39 is 0 Å². The van der Waals surface area contributed by atoms with E-state index >= 15 is 0 Å². The summed E-state index contributed by atoms with van der Waals surface area (Å²) in [7, 11) is 4.08. The van der Waals surface area contributed by atoms with E-state index in [0.29, 0.717) is 12.5 Å². The number of aryl methyl sites for hydroxylation is 1. The minimum atomic E-state index is 0.0220. The molecule has 3 nitrogen and oxygen atoms in total. The molecular weight excluding hydrogens is 212 g/mol. The van der Waals surface area contributed by atoms with Crippen molar-refractivity contribution in [3.05, 3.63) is 35.4 Å². The zero-order valence-electron chi connectivity index (χ0n) is 11.2. The monoisotopic (exact) mass is 234 g/mol. The lowest BCUT2D eigenvalue weighted by Crippen LogP contribution is -2.33. The molecule has 1 rings (SSSR count). The predicted octanol–water partition coefficient (Wildman–Crippen LogP) is 1.92. The van der Waals surface area contributed by atoms with Crippen LogP contribution in [0.1, 0.15) is 22.8 Å². The summed E-state index contributed by atoms with van der Waals surface area (Å²) in [5.41, 5.74) is 1.79. The van der Waals surface area contributed by atoms with Gasteiger partial charge in [-0.3, -0.25) is 4.79 Å². The Kier molecular flexibility index (Phi) is 5.16. The number of nitrogens with one attached hydrogen (secondary N) is 1. The van der Waals surface area contributed by atoms with Crippen LogP contribution in [0, 0.1) is 12.8 Å². The van der Waals surface area contributed by atoms with Crippen molar-refractivity contribution in [3.63, 3.8) is 0 Å². The first-order valence-electron chi connectivity index (χ1n) is 5.99. The van der Waals surface area contributed by atoms with E-state index in [4.69, 9.17) is 0 Å². The van der Waals surface area contributed by atoms with Crippen LogP contribution in [0.4, 0.5) is 0 Å². The largest absolute Gasteiger partial charge is 0.352 e. The molecule has 0 aromatic heterocycles. The smallest absolute Gasteiger partial charge is 0.251 e. The van der Waals surface area contributed by atoms with E-state index in [1.165, 1.54) is 0 Å². The molecule has 1 atom stereocenters. The number of carbonyl (C=O) groups excluding carboxylic acids is 1. The van der Waals surface area contributed by atoms with Crippen LogP contribution >= 0.6 is 0 Å². The first kappa shape index (κ1) is 13.7. The van der Waals surface area contributed by atoms with Crippen molar-refractivity contribution in [2.75, 3.05) is 27.2 Å². The van der Waals surface area contributed by atoms with Crippen LogP contribution in [0.15, 0.2) is 24.3 Å². The first-order chi connectivity index (χ1) is 8.00. The lowest BCUT2D eigenvalue weighted by Gasteiger charge is -2.17. The summed E-state index contributed by atoms with van der Waals surface area (Å²) in [6.45, 7) is 5.79. The second-order valence-electron chi connectivity index (χ2n) is 4.89. The Morgan fingerprint density at radius 2 is 2.00 bits per heavy atom. The van der Waals surface area contributed by atoms with Crippen molar-refractivity contribution in [2.24, 2.45) is 5.92 Å². The quantitative estimate of drug-likeness (QED) is 0.844. The van der Waals surface area contributed by atoms with Crippen molar-refractivity contribution in [3.8, 4) is 0 Å². The molecule has 17 heavy (non-hydrogen) atoms. The summed E-state index contributed by atoms with van der Waals surface area (Å²) in [5, 5.41) is 2.98. The number of amides is 1. The maximum absolute atomic E-state index is 11.9. The fraction of sp³-hybridized carbons (Fsp3) is 0.500. The highest BCUT2D eigenvalue weighted by Crippen LogP contribution is 2.06. The van der Waals surface area contributed by atoms with E-state index in [9.17, 15) is 4.79 Å². The maximum atomic E-state index is 11.9. The Labute approximate surface area is 104 Å². The van der Waals surface area contributed by atoms with Crippen LogP contribution in [0.5, 0.6) is 0 Å². The van der Waals surface area contributed by atoms with E-state index in [1.54, 1.807) is 0 Å². The molecule has 1 aromatic carbocycles. The van der Waals surface area contributed by atoms with E-state index in [0.717, 1.165) is 17.7 Å². The zero-order chi connectivity index (χ0) is 12.8. The summed E-state index contributed by atoms with van der Waals surface area (Å²) < 4.78 is 0. The van der Waals surface area contributed by atoms with Crippen LogP contribution in [0.3, 0.4) is 0 Å². The van der Waals surface area contributed by atoms with Gasteiger partial charge in [-0.25, -0.2) is 0 Å². The Bertz CT molecular complexity index is 374. The first-order valence-corrected chi connectivity index (χ1v) is 5.99. The lowest BCUT2D eigenvalue weighted by molar-refractivity contribution is 0.0945. The molecule has 0 radical (unpaired) electrons.